The molecule has 2 rings (SSSR count). The lowest BCUT2D eigenvalue weighted by molar-refractivity contribution is -0.126. The van der Waals surface area contributed by atoms with E-state index in [9.17, 15) is 4.79 Å². The molecule has 2 nitrogen and oxygen atoms in total. The molecule has 0 aromatic carbocycles. The predicted octanol–water partition coefficient (Wildman–Crippen LogP) is 2.47. The highest BCUT2D eigenvalue weighted by molar-refractivity contribution is 9.09. The van der Waals surface area contributed by atoms with E-state index in [0.29, 0.717) is 12.0 Å². The number of halogens is 1. The number of rotatable bonds is 3. The largest absolute Gasteiger partial charge is 0.353 e. The molecule has 2 saturated carbocycles. The summed E-state index contributed by atoms with van der Waals surface area (Å²) in [7, 11) is 0. The zero-order valence-corrected chi connectivity index (χ0v) is 10.3. The summed E-state index contributed by atoms with van der Waals surface area (Å²) in [6.07, 6.45) is 5.83. The molecule has 3 heteroatoms. The second-order valence-electron chi connectivity index (χ2n) is 4.99. The molecule has 0 saturated heterocycles. The average molecular weight is 260 g/mol. The fraction of sp³-hybridized carbons (Fsp3) is 0.909. The molecule has 14 heavy (non-hydrogen) atoms. The molecule has 0 aliphatic heterocycles. The second-order valence-corrected chi connectivity index (χ2v) is 5.63. The highest BCUT2D eigenvalue weighted by Crippen LogP contribution is 2.45. The highest BCUT2D eigenvalue weighted by atomic mass is 79.9. The van der Waals surface area contributed by atoms with E-state index >= 15 is 0 Å². The van der Waals surface area contributed by atoms with Gasteiger partial charge < -0.3 is 5.32 Å². The molecule has 0 heterocycles. The monoisotopic (exact) mass is 259 g/mol. The number of hydrogen-bond acceptors (Lipinski definition) is 1. The molecule has 1 N–H and O–H groups in total. The summed E-state index contributed by atoms with van der Waals surface area (Å²) in [6.45, 7) is 2.07. The lowest BCUT2D eigenvalue weighted by Crippen LogP contribution is -2.41. The Hall–Kier alpha value is -0.0500. The van der Waals surface area contributed by atoms with Gasteiger partial charge in [0, 0.05) is 16.8 Å². The maximum absolute atomic E-state index is 11.8. The Labute approximate surface area is 94.0 Å². The van der Waals surface area contributed by atoms with Gasteiger partial charge in [-0.2, -0.15) is 0 Å². The standard InChI is InChI=1S/C11H18BrNO/c1-11(5-6-11)10(14)13-9-4-2-3-8(9)7-12/h8-9H,2-7H2,1H3,(H,13,14). The summed E-state index contributed by atoms with van der Waals surface area (Å²) in [5, 5.41) is 4.24. The van der Waals surface area contributed by atoms with Crippen LogP contribution in [0.1, 0.15) is 39.0 Å². The molecule has 2 fully saturated rings. The van der Waals surface area contributed by atoms with Gasteiger partial charge >= 0.3 is 0 Å². The van der Waals surface area contributed by atoms with Crippen LogP contribution in [0.25, 0.3) is 0 Å². The van der Waals surface area contributed by atoms with E-state index in [-0.39, 0.29) is 11.3 Å². The predicted molar refractivity (Wildman–Crippen MR) is 60.4 cm³/mol. The molecule has 2 atom stereocenters. The van der Waals surface area contributed by atoms with Crippen LogP contribution in [0.15, 0.2) is 0 Å². The van der Waals surface area contributed by atoms with E-state index in [4.69, 9.17) is 0 Å². The molecule has 1 amide bonds. The zero-order valence-electron chi connectivity index (χ0n) is 8.68. The van der Waals surface area contributed by atoms with Gasteiger partial charge in [0.1, 0.15) is 0 Å². The van der Waals surface area contributed by atoms with Gasteiger partial charge in [0.25, 0.3) is 0 Å². The van der Waals surface area contributed by atoms with Crippen molar-refractivity contribution in [2.24, 2.45) is 11.3 Å². The minimum atomic E-state index is -0.0144. The van der Waals surface area contributed by atoms with E-state index in [2.05, 4.69) is 28.2 Å². The van der Waals surface area contributed by atoms with Crippen LogP contribution in [0.2, 0.25) is 0 Å². The van der Waals surface area contributed by atoms with Crippen molar-refractivity contribution in [2.45, 2.75) is 45.1 Å². The van der Waals surface area contributed by atoms with Gasteiger partial charge in [-0.15, -0.1) is 0 Å². The number of carbonyl (C=O) groups is 1. The quantitative estimate of drug-likeness (QED) is 0.776. The molecule has 2 aliphatic rings. The van der Waals surface area contributed by atoms with E-state index in [1.54, 1.807) is 0 Å². The molecule has 2 unspecified atom stereocenters. The minimum Gasteiger partial charge on any atom is -0.353 e. The van der Waals surface area contributed by atoms with Crippen LogP contribution in [-0.4, -0.2) is 17.3 Å². The van der Waals surface area contributed by atoms with Crippen LogP contribution >= 0.6 is 15.9 Å². The molecule has 0 radical (unpaired) electrons. The van der Waals surface area contributed by atoms with Crippen LogP contribution in [0.5, 0.6) is 0 Å². The number of hydrogen-bond donors (Lipinski definition) is 1. The van der Waals surface area contributed by atoms with Gasteiger partial charge in [0.05, 0.1) is 0 Å². The number of alkyl halides is 1. The van der Waals surface area contributed by atoms with Crippen LogP contribution < -0.4 is 5.32 Å². The molecule has 0 bridgehead atoms. The third-order valence-electron chi connectivity index (χ3n) is 3.72. The lowest BCUT2D eigenvalue weighted by Gasteiger charge is -2.21. The van der Waals surface area contributed by atoms with Gasteiger partial charge in [-0.25, -0.2) is 0 Å². The lowest BCUT2D eigenvalue weighted by atomic mass is 10.0. The van der Waals surface area contributed by atoms with Gasteiger partial charge in [-0.1, -0.05) is 29.3 Å². The maximum Gasteiger partial charge on any atom is 0.226 e. The Morgan fingerprint density at radius 3 is 2.79 bits per heavy atom. The Morgan fingerprint density at radius 1 is 1.50 bits per heavy atom. The van der Waals surface area contributed by atoms with E-state index in [1.165, 1.54) is 12.8 Å². The van der Waals surface area contributed by atoms with Crippen LogP contribution in [0.4, 0.5) is 0 Å². The summed E-state index contributed by atoms with van der Waals surface area (Å²) < 4.78 is 0. The number of nitrogens with one attached hydrogen (secondary N) is 1. The summed E-state index contributed by atoms with van der Waals surface area (Å²) in [5.74, 6) is 0.941. The van der Waals surface area contributed by atoms with Gasteiger partial charge in [0.2, 0.25) is 5.91 Å². The van der Waals surface area contributed by atoms with Crippen molar-refractivity contribution >= 4 is 21.8 Å². The first-order chi connectivity index (χ1) is 6.65. The zero-order chi connectivity index (χ0) is 10.2. The Bertz CT molecular complexity index is 237. The van der Waals surface area contributed by atoms with Crippen LogP contribution in [-0.2, 0) is 4.79 Å². The Morgan fingerprint density at radius 2 is 2.21 bits per heavy atom. The average Bonchev–Trinajstić information content (AvgIpc) is 2.78. The Kier molecular flexibility index (Phi) is 2.87. The second kappa shape index (κ2) is 3.84. The van der Waals surface area contributed by atoms with Gasteiger partial charge in [-0.3, -0.25) is 4.79 Å². The third kappa shape index (κ3) is 1.97. The fourth-order valence-electron chi connectivity index (χ4n) is 2.17. The molecule has 80 valence electrons. The van der Waals surface area contributed by atoms with E-state index in [1.807, 2.05) is 0 Å². The smallest absolute Gasteiger partial charge is 0.226 e. The molecule has 0 aromatic heterocycles. The minimum absolute atomic E-state index is 0.0144. The van der Waals surface area contributed by atoms with Crippen molar-refractivity contribution in [3.8, 4) is 0 Å². The van der Waals surface area contributed by atoms with Crippen molar-refractivity contribution < 1.29 is 4.79 Å². The van der Waals surface area contributed by atoms with Crippen molar-refractivity contribution in [2.75, 3.05) is 5.33 Å². The third-order valence-corrected chi connectivity index (χ3v) is 4.55. The SMILES string of the molecule is CC1(C(=O)NC2CCCC2CBr)CC1. The molecule has 2 aliphatic carbocycles. The first-order valence-electron chi connectivity index (χ1n) is 5.53. The van der Waals surface area contributed by atoms with Crippen molar-refractivity contribution in [3.05, 3.63) is 0 Å². The summed E-state index contributed by atoms with van der Waals surface area (Å²) in [4.78, 5) is 11.8. The molecule has 0 spiro atoms. The Balaban J connectivity index is 1.87. The normalized spacial score (nSPS) is 34.1. The summed E-state index contributed by atoms with van der Waals surface area (Å²) in [5.41, 5.74) is -0.0144. The first kappa shape index (κ1) is 10.5. The fourth-order valence-corrected chi connectivity index (χ4v) is 2.94. The number of carbonyl (C=O) groups excluding carboxylic acids is 1. The summed E-state index contributed by atoms with van der Waals surface area (Å²) >= 11 is 3.52. The van der Waals surface area contributed by atoms with Crippen molar-refractivity contribution in [3.63, 3.8) is 0 Å². The highest BCUT2D eigenvalue weighted by Gasteiger charge is 2.46. The maximum atomic E-state index is 11.8. The van der Waals surface area contributed by atoms with Crippen LogP contribution in [0, 0.1) is 11.3 Å². The molecular formula is C11H18BrNO. The van der Waals surface area contributed by atoms with Crippen molar-refractivity contribution in [1.29, 1.82) is 0 Å². The van der Waals surface area contributed by atoms with Gasteiger partial charge in [-0.05, 0) is 31.6 Å². The summed E-state index contributed by atoms with van der Waals surface area (Å²) in [6, 6.07) is 0.430. The van der Waals surface area contributed by atoms with E-state index < -0.39 is 0 Å². The number of amides is 1. The molecular weight excluding hydrogens is 242 g/mol. The molecule has 0 aromatic rings. The topological polar surface area (TPSA) is 29.1 Å². The van der Waals surface area contributed by atoms with Crippen LogP contribution in [0.3, 0.4) is 0 Å². The van der Waals surface area contributed by atoms with Gasteiger partial charge in [0.15, 0.2) is 0 Å². The van der Waals surface area contributed by atoms with Crippen molar-refractivity contribution in [1.82, 2.24) is 5.32 Å². The van der Waals surface area contributed by atoms with E-state index in [0.717, 1.165) is 24.6 Å². The first-order valence-corrected chi connectivity index (χ1v) is 6.65.